The van der Waals surface area contributed by atoms with E-state index in [-0.39, 0.29) is 11.7 Å². The van der Waals surface area contributed by atoms with E-state index < -0.39 is 5.41 Å². The Kier molecular flexibility index (Phi) is 4.37. The molecule has 1 aliphatic rings. The predicted octanol–water partition coefficient (Wildman–Crippen LogP) is 1.55. The second-order valence-corrected chi connectivity index (χ2v) is 5.03. The van der Waals surface area contributed by atoms with Crippen LogP contribution in [0.4, 0.5) is 0 Å². The smallest absolute Gasteiger partial charge is 0.236 e. The summed E-state index contributed by atoms with van der Waals surface area (Å²) in [5, 5.41) is 11.8. The molecule has 1 rings (SSSR count). The van der Waals surface area contributed by atoms with Gasteiger partial charge in [-0.1, -0.05) is 24.9 Å². The van der Waals surface area contributed by atoms with E-state index in [9.17, 15) is 4.79 Å². The average Bonchev–Trinajstić information content (AvgIpc) is 2.88. The van der Waals surface area contributed by atoms with Crippen molar-refractivity contribution in [3.05, 3.63) is 0 Å². The van der Waals surface area contributed by atoms with Crippen molar-refractivity contribution in [3.8, 4) is 0 Å². The number of amidine groups is 1. The van der Waals surface area contributed by atoms with Gasteiger partial charge in [0, 0.05) is 13.1 Å². The summed E-state index contributed by atoms with van der Waals surface area (Å²) in [7, 11) is 1.82. The molecule has 0 aliphatic heterocycles. The van der Waals surface area contributed by atoms with Crippen molar-refractivity contribution < 1.29 is 10.0 Å². The lowest BCUT2D eigenvalue weighted by atomic mass is 9.84. The molecule has 0 heterocycles. The van der Waals surface area contributed by atoms with Gasteiger partial charge in [-0.05, 0) is 26.2 Å². The Morgan fingerprint density at radius 3 is 2.47 bits per heavy atom. The molecule has 0 bridgehead atoms. The van der Waals surface area contributed by atoms with E-state index in [1.54, 1.807) is 11.8 Å². The van der Waals surface area contributed by atoms with Crippen molar-refractivity contribution in [2.24, 2.45) is 16.3 Å². The van der Waals surface area contributed by atoms with E-state index in [0.29, 0.717) is 12.5 Å². The zero-order valence-electron chi connectivity index (χ0n) is 10.9. The molecule has 1 amide bonds. The maximum atomic E-state index is 12.4. The number of oxime groups is 1. The van der Waals surface area contributed by atoms with Gasteiger partial charge in [0.1, 0.15) is 5.41 Å². The summed E-state index contributed by atoms with van der Waals surface area (Å²) in [4.78, 5) is 14.2. The number of carbonyl (C=O) groups excluding carboxylic acids is 1. The van der Waals surface area contributed by atoms with Crippen molar-refractivity contribution in [1.82, 2.24) is 4.90 Å². The number of nitrogens with zero attached hydrogens (tertiary/aromatic N) is 2. The standard InChI is InChI=1S/C12H23N3O2/c1-4-12(2,10(13)14-17)11(16)15(3)9-7-5-6-8-9/h9,17H,4-8H2,1-3H3,(H2,13,14). The van der Waals surface area contributed by atoms with Crippen LogP contribution in [0.1, 0.15) is 46.0 Å². The fraction of sp³-hybridized carbons (Fsp3) is 0.833. The molecular weight excluding hydrogens is 218 g/mol. The van der Waals surface area contributed by atoms with Gasteiger partial charge in [-0.3, -0.25) is 4.79 Å². The predicted molar refractivity (Wildman–Crippen MR) is 66.8 cm³/mol. The third-order valence-electron chi connectivity index (χ3n) is 4.04. The highest BCUT2D eigenvalue weighted by Gasteiger charge is 2.40. The summed E-state index contributed by atoms with van der Waals surface area (Å²) in [5.74, 6) is -0.0583. The van der Waals surface area contributed by atoms with E-state index in [1.807, 2.05) is 14.0 Å². The van der Waals surface area contributed by atoms with Crippen molar-refractivity contribution in [3.63, 3.8) is 0 Å². The summed E-state index contributed by atoms with van der Waals surface area (Å²) < 4.78 is 0. The summed E-state index contributed by atoms with van der Waals surface area (Å²) in [6, 6.07) is 0.305. The molecule has 1 unspecified atom stereocenters. The molecule has 0 saturated heterocycles. The molecule has 98 valence electrons. The Morgan fingerprint density at radius 1 is 1.53 bits per heavy atom. The normalized spacial score (nSPS) is 21.2. The second-order valence-electron chi connectivity index (χ2n) is 5.03. The van der Waals surface area contributed by atoms with Crippen LogP contribution in [0, 0.1) is 5.41 Å². The fourth-order valence-corrected chi connectivity index (χ4v) is 2.40. The van der Waals surface area contributed by atoms with E-state index in [2.05, 4.69) is 5.16 Å². The van der Waals surface area contributed by atoms with E-state index in [0.717, 1.165) is 12.8 Å². The zero-order chi connectivity index (χ0) is 13.1. The average molecular weight is 241 g/mol. The Balaban J connectivity index is 2.85. The Morgan fingerprint density at radius 2 is 2.06 bits per heavy atom. The lowest BCUT2D eigenvalue weighted by molar-refractivity contribution is -0.138. The van der Waals surface area contributed by atoms with Crippen molar-refractivity contribution in [2.45, 2.75) is 52.0 Å². The van der Waals surface area contributed by atoms with Gasteiger partial charge in [0.25, 0.3) is 0 Å². The number of amides is 1. The van der Waals surface area contributed by atoms with Gasteiger partial charge in [0.15, 0.2) is 5.84 Å². The summed E-state index contributed by atoms with van der Waals surface area (Å²) in [6.07, 6.45) is 4.98. The molecule has 0 radical (unpaired) electrons. The van der Waals surface area contributed by atoms with Crippen molar-refractivity contribution >= 4 is 11.7 Å². The van der Waals surface area contributed by atoms with Crippen LogP contribution in [0.15, 0.2) is 5.16 Å². The van der Waals surface area contributed by atoms with Crippen LogP contribution >= 0.6 is 0 Å². The van der Waals surface area contributed by atoms with Gasteiger partial charge in [-0.25, -0.2) is 0 Å². The van der Waals surface area contributed by atoms with E-state index >= 15 is 0 Å². The first-order valence-electron chi connectivity index (χ1n) is 6.22. The number of hydrogen-bond donors (Lipinski definition) is 2. The number of nitrogens with two attached hydrogens (primary N) is 1. The maximum absolute atomic E-state index is 12.4. The van der Waals surface area contributed by atoms with Crippen molar-refractivity contribution in [1.29, 1.82) is 0 Å². The lowest BCUT2D eigenvalue weighted by Gasteiger charge is -2.34. The number of rotatable bonds is 4. The van der Waals surface area contributed by atoms with Gasteiger partial charge in [0.2, 0.25) is 5.91 Å². The summed E-state index contributed by atoms with van der Waals surface area (Å²) in [6.45, 7) is 3.61. The highest BCUT2D eigenvalue weighted by Crippen LogP contribution is 2.29. The fourth-order valence-electron chi connectivity index (χ4n) is 2.40. The Hall–Kier alpha value is -1.26. The molecule has 17 heavy (non-hydrogen) atoms. The van der Waals surface area contributed by atoms with Crippen LogP contribution in [0.3, 0.4) is 0 Å². The van der Waals surface area contributed by atoms with Gasteiger partial charge < -0.3 is 15.8 Å². The Bertz CT molecular complexity index is 311. The molecule has 1 fully saturated rings. The second kappa shape index (κ2) is 5.38. The van der Waals surface area contributed by atoms with Crippen LogP contribution < -0.4 is 5.73 Å². The summed E-state index contributed by atoms with van der Waals surface area (Å²) >= 11 is 0. The molecule has 0 aromatic heterocycles. The first-order chi connectivity index (χ1) is 7.97. The van der Waals surface area contributed by atoms with Gasteiger partial charge in [-0.2, -0.15) is 0 Å². The monoisotopic (exact) mass is 241 g/mol. The molecule has 1 saturated carbocycles. The molecule has 0 spiro atoms. The largest absolute Gasteiger partial charge is 0.409 e. The lowest BCUT2D eigenvalue weighted by Crippen LogP contribution is -2.50. The number of carbonyl (C=O) groups is 1. The quantitative estimate of drug-likeness (QED) is 0.339. The third-order valence-corrected chi connectivity index (χ3v) is 4.04. The van der Waals surface area contributed by atoms with Crippen LogP contribution in [0.5, 0.6) is 0 Å². The van der Waals surface area contributed by atoms with E-state index in [1.165, 1.54) is 12.8 Å². The molecular formula is C12H23N3O2. The van der Waals surface area contributed by atoms with Gasteiger partial charge >= 0.3 is 0 Å². The summed E-state index contributed by atoms with van der Waals surface area (Å²) in [5.41, 5.74) is 4.76. The Labute approximate surface area is 103 Å². The van der Waals surface area contributed by atoms with Crippen LogP contribution in [0.2, 0.25) is 0 Å². The minimum atomic E-state index is -0.897. The van der Waals surface area contributed by atoms with Gasteiger partial charge in [-0.15, -0.1) is 0 Å². The van der Waals surface area contributed by atoms with Crippen LogP contribution in [-0.4, -0.2) is 34.9 Å². The first kappa shape index (κ1) is 13.8. The van der Waals surface area contributed by atoms with Crippen LogP contribution in [0.25, 0.3) is 0 Å². The molecule has 0 aromatic rings. The molecule has 0 aromatic carbocycles. The highest BCUT2D eigenvalue weighted by molar-refractivity contribution is 6.06. The molecule has 1 atom stereocenters. The molecule has 1 aliphatic carbocycles. The first-order valence-corrected chi connectivity index (χ1v) is 6.22. The third kappa shape index (κ3) is 2.53. The molecule has 5 heteroatoms. The number of hydrogen-bond acceptors (Lipinski definition) is 3. The SMILES string of the molecule is CCC(C)(C(=O)N(C)C1CCCC1)C(N)=NO. The molecule has 5 nitrogen and oxygen atoms in total. The van der Waals surface area contributed by atoms with E-state index in [4.69, 9.17) is 10.9 Å². The molecule has 3 N–H and O–H groups in total. The van der Waals surface area contributed by atoms with Gasteiger partial charge in [0.05, 0.1) is 0 Å². The zero-order valence-corrected chi connectivity index (χ0v) is 10.9. The maximum Gasteiger partial charge on any atom is 0.236 e. The highest BCUT2D eigenvalue weighted by atomic mass is 16.4. The minimum Gasteiger partial charge on any atom is -0.409 e. The topological polar surface area (TPSA) is 78.9 Å². The van der Waals surface area contributed by atoms with Crippen LogP contribution in [-0.2, 0) is 4.79 Å². The van der Waals surface area contributed by atoms with Crippen molar-refractivity contribution in [2.75, 3.05) is 7.05 Å². The minimum absolute atomic E-state index is 0.00477.